The normalized spacial score (nSPS) is 20.2. The van der Waals surface area contributed by atoms with Gasteiger partial charge >= 0.3 is 0 Å². The molecule has 0 heterocycles. The van der Waals surface area contributed by atoms with E-state index in [9.17, 15) is 9.90 Å². The van der Waals surface area contributed by atoms with E-state index < -0.39 is 5.60 Å². The maximum Gasteiger partial charge on any atom is 0.217 e. The lowest BCUT2D eigenvalue weighted by molar-refractivity contribution is -0.120. The zero-order chi connectivity index (χ0) is 27.7. The number of aliphatic hydroxyl groups excluding tert-OH is 1. The molecule has 4 atom stereocenters. The molecule has 0 spiro atoms. The highest BCUT2D eigenvalue weighted by molar-refractivity contribution is 5.73. The van der Waals surface area contributed by atoms with Crippen LogP contribution in [-0.4, -0.2) is 30.3 Å². The van der Waals surface area contributed by atoms with E-state index in [0.717, 1.165) is 48.8 Å². The van der Waals surface area contributed by atoms with Crippen molar-refractivity contribution in [3.8, 4) is 0 Å². The van der Waals surface area contributed by atoms with Crippen molar-refractivity contribution < 1.29 is 14.6 Å². The van der Waals surface area contributed by atoms with E-state index in [1.807, 2.05) is 18.2 Å². The van der Waals surface area contributed by atoms with E-state index in [-0.39, 0.29) is 30.4 Å². The SMILES string of the molecule is CCC(CC)C[C@H](NC(C)=O)[C@@H]1C[C@@H](COC(c2ccccc2)(c2ccccc2)c2ccccc2)C[C@H]1CO. The Morgan fingerprint density at radius 3 is 1.77 bits per heavy atom. The van der Waals surface area contributed by atoms with Gasteiger partial charge in [0.05, 0.1) is 6.61 Å². The highest BCUT2D eigenvalue weighted by Gasteiger charge is 2.42. The number of hydrogen-bond acceptors (Lipinski definition) is 3. The van der Waals surface area contributed by atoms with Crippen LogP contribution in [-0.2, 0) is 15.1 Å². The molecule has 1 fully saturated rings. The Hall–Kier alpha value is -2.95. The van der Waals surface area contributed by atoms with Gasteiger partial charge in [0.15, 0.2) is 0 Å². The predicted octanol–water partition coefficient (Wildman–Crippen LogP) is 6.96. The summed E-state index contributed by atoms with van der Waals surface area (Å²) >= 11 is 0. The van der Waals surface area contributed by atoms with Crippen LogP contribution < -0.4 is 5.32 Å². The summed E-state index contributed by atoms with van der Waals surface area (Å²) in [6.07, 6.45) is 5.00. The fourth-order valence-corrected chi connectivity index (χ4v) is 6.71. The lowest BCUT2D eigenvalue weighted by Gasteiger charge is -2.37. The van der Waals surface area contributed by atoms with Gasteiger partial charge in [-0.25, -0.2) is 0 Å². The number of amides is 1. The predicted molar refractivity (Wildman–Crippen MR) is 158 cm³/mol. The zero-order valence-electron chi connectivity index (χ0n) is 23.8. The smallest absolute Gasteiger partial charge is 0.217 e. The van der Waals surface area contributed by atoms with Crippen LogP contribution in [0.1, 0.15) is 69.6 Å². The van der Waals surface area contributed by atoms with E-state index in [2.05, 4.69) is 92.0 Å². The van der Waals surface area contributed by atoms with Gasteiger partial charge in [-0.2, -0.15) is 0 Å². The van der Waals surface area contributed by atoms with Gasteiger partial charge in [0.25, 0.3) is 0 Å². The third kappa shape index (κ3) is 6.80. The number of benzene rings is 3. The number of rotatable bonds is 13. The van der Waals surface area contributed by atoms with Crippen molar-refractivity contribution in [3.63, 3.8) is 0 Å². The van der Waals surface area contributed by atoms with Gasteiger partial charge in [0.2, 0.25) is 5.91 Å². The van der Waals surface area contributed by atoms with Crippen LogP contribution in [0.4, 0.5) is 0 Å². The Balaban J connectivity index is 1.64. The first-order chi connectivity index (χ1) is 19.0. The summed E-state index contributed by atoms with van der Waals surface area (Å²) in [7, 11) is 0. The number of nitrogens with one attached hydrogen (secondary N) is 1. The van der Waals surface area contributed by atoms with Gasteiger partial charge < -0.3 is 15.2 Å². The van der Waals surface area contributed by atoms with E-state index >= 15 is 0 Å². The first kappa shape index (κ1) is 29.0. The molecule has 1 saturated carbocycles. The van der Waals surface area contributed by atoms with Gasteiger partial charge in [-0.1, -0.05) is 118 Å². The van der Waals surface area contributed by atoms with Crippen LogP contribution >= 0.6 is 0 Å². The Bertz CT molecular complexity index is 1030. The third-order valence-corrected chi connectivity index (χ3v) is 8.81. The minimum Gasteiger partial charge on any atom is -0.396 e. The maximum absolute atomic E-state index is 12.2. The highest BCUT2D eigenvalue weighted by Crippen LogP contribution is 2.44. The molecule has 0 unspecified atom stereocenters. The van der Waals surface area contributed by atoms with Gasteiger partial charge in [0, 0.05) is 19.6 Å². The molecule has 4 nitrogen and oxygen atoms in total. The first-order valence-electron chi connectivity index (χ1n) is 14.7. The Labute approximate surface area is 234 Å². The largest absolute Gasteiger partial charge is 0.396 e. The average molecular weight is 528 g/mol. The second-order valence-corrected chi connectivity index (χ2v) is 11.3. The number of aliphatic hydroxyl groups is 1. The molecule has 2 N–H and O–H groups in total. The Kier molecular flexibility index (Phi) is 10.4. The number of carbonyl (C=O) groups is 1. The molecule has 0 aliphatic heterocycles. The standard InChI is InChI=1S/C35H45NO3/c1-4-27(5-2)23-34(36-26(3)38)33-22-28(21-29(33)24-37)25-39-35(30-15-9-6-10-16-30,31-17-11-7-12-18-31)32-19-13-8-14-20-32/h6-20,27-29,33-34,37H,4-5,21-25H2,1-3H3,(H,36,38)/t28-,29-,33+,34-/m0/s1. The van der Waals surface area contributed by atoms with E-state index in [4.69, 9.17) is 4.74 Å². The van der Waals surface area contributed by atoms with Crippen molar-refractivity contribution in [1.29, 1.82) is 0 Å². The number of carbonyl (C=O) groups excluding carboxylic acids is 1. The van der Waals surface area contributed by atoms with Crippen molar-refractivity contribution >= 4 is 5.91 Å². The van der Waals surface area contributed by atoms with Gasteiger partial charge in [-0.15, -0.1) is 0 Å². The molecule has 3 aromatic rings. The summed E-state index contributed by atoms with van der Waals surface area (Å²) in [5.74, 6) is 1.27. The Morgan fingerprint density at radius 1 is 0.872 bits per heavy atom. The molecule has 0 aromatic heterocycles. The molecule has 4 heteroatoms. The molecular formula is C35H45NO3. The lowest BCUT2D eigenvalue weighted by atomic mass is 9.80. The second kappa shape index (κ2) is 13.9. The van der Waals surface area contributed by atoms with Crippen molar-refractivity contribution in [2.45, 2.75) is 64.5 Å². The molecule has 1 aliphatic carbocycles. The molecule has 208 valence electrons. The van der Waals surface area contributed by atoms with Crippen LogP contribution in [0.15, 0.2) is 91.0 Å². The van der Waals surface area contributed by atoms with Crippen LogP contribution in [0, 0.1) is 23.7 Å². The lowest BCUT2D eigenvalue weighted by Crippen LogP contribution is -2.42. The van der Waals surface area contributed by atoms with Crippen LogP contribution in [0.3, 0.4) is 0 Å². The van der Waals surface area contributed by atoms with Gasteiger partial charge in [-0.3, -0.25) is 4.79 Å². The van der Waals surface area contributed by atoms with E-state index in [1.165, 1.54) is 0 Å². The molecule has 0 bridgehead atoms. The molecule has 1 amide bonds. The summed E-state index contributed by atoms with van der Waals surface area (Å²) in [6.45, 7) is 6.77. The van der Waals surface area contributed by atoms with Crippen LogP contribution in [0.2, 0.25) is 0 Å². The Morgan fingerprint density at radius 2 is 1.36 bits per heavy atom. The highest BCUT2D eigenvalue weighted by atomic mass is 16.5. The molecule has 0 saturated heterocycles. The zero-order valence-corrected chi connectivity index (χ0v) is 23.8. The molecule has 39 heavy (non-hydrogen) atoms. The molecule has 4 rings (SSSR count). The van der Waals surface area contributed by atoms with Crippen molar-refractivity contribution in [2.75, 3.05) is 13.2 Å². The van der Waals surface area contributed by atoms with Crippen LogP contribution in [0.5, 0.6) is 0 Å². The van der Waals surface area contributed by atoms with Crippen LogP contribution in [0.25, 0.3) is 0 Å². The summed E-state index contributed by atoms with van der Waals surface area (Å²) in [4.78, 5) is 12.2. The first-order valence-corrected chi connectivity index (χ1v) is 14.7. The topological polar surface area (TPSA) is 58.6 Å². The fraction of sp³-hybridized carbons (Fsp3) is 0.457. The minimum atomic E-state index is -0.747. The monoisotopic (exact) mass is 527 g/mol. The fourth-order valence-electron chi connectivity index (χ4n) is 6.71. The van der Waals surface area contributed by atoms with Gasteiger partial charge in [-0.05, 0) is 59.6 Å². The summed E-state index contributed by atoms with van der Waals surface area (Å²) in [5.41, 5.74) is 2.55. The maximum atomic E-state index is 12.2. The second-order valence-electron chi connectivity index (χ2n) is 11.3. The van der Waals surface area contributed by atoms with Gasteiger partial charge in [0.1, 0.15) is 5.60 Å². The number of hydrogen-bond donors (Lipinski definition) is 2. The quantitative estimate of drug-likeness (QED) is 0.236. The van der Waals surface area contributed by atoms with Crippen molar-refractivity contribution in [3.05, 3.63) is 108 Å². The average Bonchev–Trinajstić information content (AvgIpc) is 3.40. The molecule has 1 aliphatic rings. The van der Waals surface area contributed by atoms with Crippen molar-refractivity contribution in [1.82, 2.24) is 5.32 Å². The molecule has 3 aromatic carbocycles. The third-order valence-electron chi connectivity index (χ3n) is 8.81. The minimum absolute atomic E-state index is 0.0126. The summed E-state index contributed by atoms with van der Waals surface area (Å²) in [5, 5.41) is 13.7. The van der Waals surface area contributed by atoms with E-state index in [1.54, 1.807) is 6.92 Å². The number of ether oxygens (including phenoxy) is 1. The summed E-state index contributed by atoms with van der Waals surface area (Å²) in [6, 6.07) is 31.5. The summed E-state index contributed by atoms with van der Waals surface area (Å²) < 4.78 is 7.13. The molecular weight excluding hydrogens is 482 g/mol. The van der Waals surface area contributed by atoms with E-state index in [0.29, 0.717) is 18.4 Å². The van der Waals surface area contributed by atoms with Crippen molar-refractivity contribution in [2.24, 2.45) is 23.7 Å². The molecule has 0 radical (unpaired) electrons.